The van der Waals surface area contributed by atoms with Crippen LogP contribution in [0.1, 0.15) is 28.8 Å². The molecule has 0 radical (unpaired) electrons. The molecule has 3 amide bonds. The van der Waals surface area contributed by atoms with Gasteiger partial charge in [0.15, 0.2) is 6.61 Å². The molecular formula is C20H20ClN3O4. The Bertz CT molecular complexity index is 895. The molecule has 3 N–H and O–H groups in total. The molecule has 1 aliphatic rings. The lowest BCUT2D eigenvalue weighted by atomic mass is 10.2. The highest BCUT2D eigenvalue weighted by Gasteiger charge is 2.29. The Morgan fingerprint density at radius 1 is 1.07 bits per heavy atom. The minimum atomic E-state index is -0.504. The Morgan fingerprint density at radius 2 is 1.79 bits per heavy atom. The second-order valence-corrected chi connectivity index (χ2v) is 6.98. The summed E-state index contributed by atoms with van der Waals surface area (Å²) >= 11 is 5.87. The number of hydrogen-bond donors (Lipinski definition) is 3. The number of amides is 3. The lowest BCUT2D eigenvalue weighted by Gasteiger charge is -2.11. The summed E-state index contributed by atoms with van der Waals surface area (Å²) in [4.78, 5) is 35.7. The van der Waals surface area contributed by atoms with E-state index in [4.69, 9.17) is 16.3 Å². The number of anilines is 1. The second-order valence-electron chi connectivity index (χ2n) is 6.54. The number of carbonyl (C=O) groups is 3. The van der Waals surface area contributed by atoms with Gasteiger partial charge in [-0.2, -0.15) is 0 Å². The second kappa shape index (κ2) is 8.75. The molecule has 1 saturated carbocycles. The average molecular weight is 402 g/mol. The molecule has 0 spiro atoms. The number of aryl methyl sites for hydroxylation is 1. The molecule has 0 unspecified atom stereocenters. The van der Waals surface area contributed by atoms with E-state index >= 15 is 0 Å². The predicted octanol–water partition coefficient (Wildman–Crippen LogP) is 2.84. The van der Waals surface area contributed by atoms with Gasteiger partial charge in [0.1, 0.15) is 5.75 Å². The third-order valence-corrected chi connectivity index (χ3v) is 4.41. The Morgan fingerprint density at radius 3 is 2.43 bits per heavy atom. The van der Waals surface area contributed by atoms with Crippen molar-refractivity contribution in [3.63, 3.8) is 0 Å². The fraction of sp³-hybridized carbons (Fsp3) is 0.250. The van der Waals surface area contributed by atoms with Crippen LogP contribution >= 0.6 is 11.6 Å². The van der Waals surface area contributed by atoms with Crippen LogP contribution in [0.5, 0.6) is 5.75 Å². The van der Waals surface area contributed by atoms with Gasteiger partial charge in [0.25, 0.3) is 11.8 Å². The summed E-state index contributed by atoms with van der Waals surface area (Å²) in [7, 11) is 0. The molecule has 28 heavy (non-hydrogen) atoms. The summed E-state index contributed by atoms with van der Waals surface area (Å²) in [5.41, 5.74) is 6.39. The topological polar surface area (TPSA) is 96.5 Å². The lowest BCUT2D eigenvalue weighted by Crippen LogP contribution is -2.43. The average Bonchev–Trinajstić information content (AvgIpc) is 3.51. The van der Waals surface area contributed by atoms with Crippen molar-refractivity contribution in [3.05, 3.63) is 58.6 Å². The van der Waals surface area contributed by atoms with E-state index < -0.39 is 11.8 Å². The Balaban J connectivity index is 1.43. The van der Waals surface area contributed by atoms with Gasteiger partial charge in [-0.1, -0.05) is 11.6 Å². The van der Waals surface area contributed by atoms with E-state index in [0.717, 1.165) is 18.4 Å². The summed E-state index contributed by atoms with van der Waals surface area (Å²) < 4.78 is 5.41. The molecule has 0 aliphatic heterocycles. The van der Waals surface area contributed by atoms with Crippen LogP contribution < -0.4 is 20.9 Å². The molecule has 0 bridgehead atoms. The van der Waals surface area contributed by atoms with Crippen LogP contribution in [0.2, 0.25) is 5.02 Å². The first-order valence-corrected chi connectivity index (χ1v) is 9.19. The van der Waals surface area contributed by atoms with Crippen molar-refractivity contribution in [1.29, 1.82) is 0 Å². The van der Waals surface area contributed by atoms with Crippen molar-refractivity contribution in [2.45, 2.75) is 19.8 Å². The van der Waals surface area contributed by atoms with E-state index in [1.165, 1.54) is 0 Å². The number of halogens is 1. The zero-order chi connectivity index (χ0) is 20.1. The van der Waals surface area contributed by atoms with Gasteiger partial charge in [-0.05, 0) is 67.8 Å². The summed E-state index contributed by atoms with van der Waals surface area (Å²) in [6.07, 6.45) is 1.85. The normalized spacial score (nSPS) is 12.8. The zero-order valence-electron chi connectivity index (χ0n) is 15.3. The van der Waals surface area contributed by atoms with Crippen LogP contribution in [-0.2, 0) is 9.59 Å². The highest BCUT2D eigenvalue weighted by atomic mass is 35.5. The molecular weight excluding hydrogens is 382 g/mol. The van der Waals surface area contributed by atoms with Crippen LogP contribution in [-0.4, -0.2) is 24.3 Å². The van der Waals surface area contributed by atoms with Gasteiger partial charge < -0.3 is 10.1 Å². The minimum absolute atomic E-state index is 0.000360. The Hall–Kier alpha value is -3.06. The summed E-state index contributed by atoms with van der Waals surface area (Å²) in [6, 6.07) is 11.5. The van der Waals surface area contributed by atoms with Gasteiger partial charge in [0.2, 0.25) is 5.91 Å². The van der Waals surface area contributed by atoms with Crippen molar-refractivity contribution in [2.24, 2.45) is 5.92 Å². The van der Waals surface area contributed by atoms with Crippen molar-refractivity contribution in [1.82, 2.24) is 10.9 Å². The first-order valence-electron chi connectivity index (χ1n) is 8.81. The number of rotatable bonds is 6. The highest BCUT2D eigenvalue weighted by molar-refractivity contribution is 6.30. The van der Waals surface area contributed by atoms with E-state index in [-0.39, 0.29) is 18.4 Å². The standard InChI is InChI=1S/C20H20ClN3O4/c1-12-10-15(21)6-9-17(12)28-11-18(25)23-24-20(27)14-4-7-16(8-5-14)22-19(26)13-2-3-13/h4-10,13H,2-3,11H2,1H3,(H,22,26)(H,23,25)(H,24,27). The molecule has 2 aromatic rings. The van der Waals surface area contributed by atoms with E-state index in [1.54, 1.807) is 42.5 Å². The predicted molar refractivity (Wildman–Crippen MR) is 105 cm³/mol. The molecule has 3 rings (SSSR count). The third-order valence-electron chi connectivity index (χ3n) is 4.17. The molecule has 0 saturated heterocycles. The molecule has 7 nitrogen and oxygen atoms in total. The largest absolute Gasteiger partial charge is 0.483 e. The molecule has 0 atom stereocenters. The fourth-order valence-electron chi connectivity index (χ4n) is 2.45. The Kier molecular flexibility index (Phi) is 6.16. The molecule has 1 aliphatic carbocycles. The summed E-state index contributed by atoms with van der Waals surface area (Å²) in [6.45, 7) is 1.56. The van der Waals surface area contributed by atoms with E-state index in [2.05, 4.69) is 16.2 Å². The van der Waals surface area contributed by atoms with Crippen molar-refractivity contribution < 1.29 is 19.1 Å². The van der Waals surface area contributed by atoms with Crippen LogP contribution in [0.3, 0.4) is 0 Å². The minimum Gasteiger partial charge on any atom is -0.483 e. The number of nitrogens with one attached hydrogen (secondary N) is 3. The van der Waals surface area contributed by atoms with Crippen LogP contribution in [0.25, 0.3) is 0 Å². The van der Waals surface area contributed by atoms with Crippen LogP contribution in [0.15, 0.2) is 42.5 Å². The summed E-state index contributed by atoms with van der Waals surface area (Å²) in [5, 5.41) is 3.38. The number of hydrogen-bond acceptors (Lipinski definition) is 4. The Labute approximate surface area is 167 Å². The smallest absolute Gasteiger partial charge is 0.276 e. The maximum absolute atomic E-state index is 12.1. The van der Waals surface area contributed by atoms with Gasteiger partial charge >= 0.3 is 0 Å². The molecule has 0 aromatic heterocycles. The van der Waals surface area contributed by atoms with Crippen LogP contribution in [0.4, 0.5) is 5.69 Å². The van der Waals surface area contributed by atoms with Gasteiger partial charge in [0.05, 0.1) is 0 Å². The zero-order valence-corrected chi connectivity index (χ0v) is 16.0. The van der Waals surface area contributed by atoms with Crippen LogP contribution in [0, 0.1) is 12.8 Å². The fourth-order valence-corrected chi connectivity index (χ4v) is 2.67. The van der Waals surface area contributed by atoms with Crippen molar-refractivity contribution in [2.75, 3.05) is 11.9 Å². The number of ether oxygens (including phenoxy) is 1. The maximum atomic E-state index is 12.1. The molecule has 1 fully saturated rings. The van der Waals surface area contributed by atoms with Crippen molar-refractivity contribution in [3.8, 4) is 5.75 Å². The van der Waals surface area contributed by atoms with Crippen molar-refractivity contribution >= 4 is 35.0 Å². The quantitative estimate of drug-likeness (QED) is 0.648. The van der Waals surface area contributed by atoms with E-state index in [9.17, 15) is 14.4 Å². The van der Waals surface area contributed by atoms with E-state index in [0.29, 0.717) is 22.0 Å². The first-order chi connectivity index (χ1) is 13.4. The van der Waals surface area contributed by atoms with Gasteiger partial charge in [-0.25, -0.2) is 0 Å². The highest BCUT2D eigenvalue weighted by Crippen LogP contribution is 2.30. The van der Waals surface area contributed by atoms with Gasteiger partial charge in [-0.3, -0.25) is 25.2 Å². The molecule has 8 heteroatoms. The maximum Gasteiger partial charge on any atom is 0.276 e. The molecule has 2 aromatic carbocycles. The van der Waals surface area contributed by atoms with E-state index in [1.807, 2.05) is 6.92 Å². The number of benzene rings is 2. The monoisotopic (exact) mass is 401 g/mol. The number of hydrazine groups is 1. The molecule has 0 heterocycles. The molecule has 146 valence electrons. The third kappa shape index (κ3) is 5.47. The first kappa shape index (κ1) is 19.7. The van der Waals surface area contributed by atoms with Gasteiger partial charge in [0, 0.05) is 22.2 Å². The SMILES string of the molecule is Cc1cc(Cl)ccc1OCC(=O)NNC(=O)c1ccc(NC(=O)C2CC2)cc1. The van der Waals surface area contributed by atoms with Gasteiger partial charge in [-0.15, -0.1) is 0 Å². The summed E-state index contributed by atoms with van der Waals surface area (Å²) in [5.74, 6) is -0.334. The number of carbonyl (C=O) groups excluding carboxylic acids is 3. The lowest BCUT2D eigenvalue weighted by molar-refractivity contribution is -0.123.